The smallest absolute Gasteiger partial charge is 0.130 e. The van der Waals surface area contributed by atoms with Crippen LogP contribution in [0.5, 0.6) is 0 Å². The van der Waals surface area contributed by atoms with Gasteiger partial charge in [0.05, 0.1) is 0 Å². The highest BCUT2D eigenvalue weighted by atomic mass is 79.9. The molecule has 0 aliphatic rings. The van der Waals surface area contributed by atoms with Crippen LogP contribution in [0.3, 0.4) is 0 Å². The molecule has 12 heavy (non-hydrogen) atoms. The van der Waals surface area contributed by atoms with Gasteiger partial charge in [-0.2, -0.15) is 0 Å². The van der Waals surface area contributed by atoms with Gasteiger partial charge in [-0.05, 0) is 30.5 Å². The molecule has 0 fully saturated rings. The van der Waals surface area contributed by atoms with Crippen LogP contribution in [-0.2, 0) is 6.42 Å². The van der Waals surface area contributed by atoms with Crippen molar-refractivity contribution in [2.24, 2.45) is 0 Å². The second kappa shape index (κ2) is 4.04. The van der Waals surface area contributed by atoms with Gasteiger partial charge in [0.1, 0.15) is 5.82 Å². The molecular formula is C10H12BrF. The van der Waals surface area contributed by atoms with Crippen molar-refractivity contribution in [1.82, 2.24) is 0 Å². The zero-order chi connectivity index (χ0) is 9.14. The molecular weight excluding hydrogens is 219 g/mol. The van der Waals surface area contributed by atoms with Crippen molar-refractivity contribution in [1.29, 1.82) is 0 Å². The second-order valence-corrected chi connectivity index (χ2v) is 3.75. The molecule has 1 rings (SSSR count). The first-order valence-corrected chi connectivity index (χ1v) is 4.89. The Morgan fingerprint density at radius 1 is 1.42 bits per heavy atom. The largest absolute Gasteiger partial charge is 0.206 e. The van der Waals surface area contributed by atoms with Crippen molar-refractivity contribution in [2.45, 2.75) is 26.7 Å². The van der Waals surface area contributed by atoms with E-state index in [2.05, 4.69) is 22.9 Å². The lowest BCUT2D eigenvalue weighted by Gasteiger charge is -2.05. The van der Waals surface area contributed by atoms with Crippen molar-refractivity contribution < 1.29 is 4.39 Å². The minimum Gasteiger partial charge on any atom is -0.206 e. The molecule has 0 unspecified atom stereocenters. The zero-order valence-electron chi connectivity index (χ0n) is 7.32. The van der Waals surface area contributed by atoms with Gasteiger partial charge in [0.25, 0.3) is 0 Å². The van der Waals surface area contributed by atoms with Crippen LogP contribution in [0, 0.1) is 12.7 Å². The Kier molecular flexibility index (Phi) is 3.27. The topological polar surface area (TPSA) is 0 Å². The quantitative estimate of drug-likeness (QED) is 0.725. The van der Waals surface area contributed by atoms with Gasteiger partial charge >= 0.3 is 0 Å². The molecule has 0 saturated carbocycles. The van der Waals surface area contributed by atoms with Crippen LogP contribution >= 0.6 is 15.9 Å². The molecule has 66 valence electrons. The van der Waals surface area contributed by atoms with Crippen molar-refractivity contribution in [3.63, 3.8) is 0 Å². The SMILES string of the molecule is CCCc1ccc(Br)c(C)c1F. The number of hydrogen-bond donors (Lipinski definition) is 0. The van der Waals surface area contributed by atoms with E-state index in [0.29, 0.717) is 5.56 Å². The number of rotatable bonds is 2. The van der Waals surface area contributed by atoms with Gasteiger partial charge in [-0.25, -0.2) is 4.39 Å². The lowest BCUT2D eigenvalue weighted by molar-refractivity contribution is 0.597. The fraction of sp³-hybridized carbons (Fsp3) is 0.400. The highest BCUT2D eigenvalue weighted by Crippen LogP contribution is 2.22. The van der Waals surface area contributed by atoms with Gasteiger partial charge in [0.15, 0.2) is 0 Å². The number of hydrogen-bond acceptors (Lipinski definition) is 0. The maximum atomic E-state index is 13.4. The van der Waals surface area contributed by atoms with Crippen LogP contribution in [0.15, 0.2) is 16.6 Å². The van der Waals surface area contributed by atoms with Crippen LogP contribution in [-0.4, -0.2) is 0 Å². The van der Waals surface area contributed by atoms with Crippen LogP contribution < -0.4 is 0 Å². The minimum atomic E-state index is -0.0637. The Balaban J connectivity index is 3.08. The van der Waals surface area contributed by atoms with Gasteiger partial charge < -0.3 is 0 Å². The predicted molar refractivity (Wildman–Crippen MR) is 52.8 cm³/mol. The fourth-order valence-electron chi connectivity index (χ4n) is 1.18. The molecule has 0 saturated heterocycles. The van der Waals surface area contributed by atoms with E-state index >= 15 is 0 Å². The first kappa shape index (κ1) is 9.72. The molecule has 0 aliphatic carbocycles. The summed E-state index contributed by atoms with van der Waals surface area (Å²) in [6, 6.07) is 3.75. The van der Waals surface area contributed by atoms with E-state index in [1.54, 1.807) is 6.92 Å². The summed E-state index contributed by atoms with van der Waals surface area (Å²) in [5.74, 6) is -0.0637. The third kappa shape index (κ3) is 1.86. The van der Waals surface area contributed by atoms with Crippen LogP contribution in [0.25, 0.3) is 0 Å². The summed E-state index contributed by atoms with van der Waals surface area (Å²) in [4.78, 5) is 0. The highest BCUT2D eigenvalue weighted by molar-refractivity contribution is 9.10. The van der Waals surface area contributed by atoms with Crippen molar-refractivity contribution in [2.75, 3.05) is 0 Å². The van der Waals surface area contributed by atoms with E-state index in [4.69, 9.17) is 0 Å². The molecule has 0 spiro atoms. The second-order valence-electron chi connectivity index (χ2n) is 2.90. The third-order valence-corrected chi connectivity index (χ3v) is 2.78. The summed E-state index contributed by atoms with van der Waals surface area (Å²) in [6.45, 7) is 3.84. The number of benzene rings is 1. The fourth-order valence-corrected chi connectivity index (χ4v) is 1.49. The van der Waals surface area contributed by atoms with E-state index in [1.807, 2.05) is 12.1 Å². The van der Waals surface area contributed by atoms with E-state index in [-0.39, 0.29) is 5.82 Å². The molecule has 0 bridgehead atoms. The van der Waals surface area contributed by atoms with Crippen molar-refractivity contribution in [3.8, 4) is 0 Å². The number of halogens is 2. The number of aryl methyl sites for hydroxylation is 1. The standard InChI is InChI=1S/C10H12BrF/c1-3-4-8-5-6-9(11)7(2)10(8)12/h5-6H,3-4H2,1-2H3. The molecule has 0 aromatic heterocycles. The lowest BCUT2D eigenvalue weighted by Crippen LogP contribution is -1.93. The molecule has 0 atom stereocenters. The Hall–Kier alpha value is -0.370. The predicted octanol–water partition coefficient (Wildman–Crippen LogP) is 3.85. The summed E-state index contributed by atoms with van der Waals surface area (Å²) in [7, 11) is 0. The minimum absolute atomic E-state index is 0.0637. The van der Waals surface area contributed by atoms with Crippen molar-refractivity contribution in [3.05, 3.63) is 33.5 Å². The third-order valence-electron chi connectivity index (χ3n) is 1.92. The van der Waals surface area contributed by atoms with Crippen LogP contribution in [0.2, 0.25) is 0 Å². The van der Waals surface area contributed by atoms with Gasteiger partial charge in [-0.15, -0.1) is 0 Å². The van der Waals surface area contributed by atoms with Gasteiger partial charge in [0, 0.05) is 4.47 Å². The molecule has 0 heterocycles. The molecule has 0 nitrogen and oxygen atoms in total. The van der Waals surface area contributed by atoms with Gasteiger partial charge in [-0.1, -0.05) is 35.3 Å². The van der Waals surface area contributed by atoms with Crippen molar-refractivity contribution >= 4 is 15.9 Å². The first-order valence-electron chi connectivity index (χ1n) is 4.10. The maximum absolute atomic E-state index is 13.4. The summed E-state index contributed by atoms with van der Waals surface area (Å²) in [6.07, 6.45) is 1.80. The molecule has 0 amide bonds. The molecule has 0 radical (unpaired) electrons. The summed E-state index contributed by atoms with van der Waals surface area (Å²) >= 11 is 3.29. The van der Waals surface area contributed by atoms with Gasteiger partial charge in [0.2, 0.25) is 0 Å². The molecule has 1 aromatic rings. The van der Waals surface area contributed by atoms with E-state index in [1.165, 1.54) is 0 Å². The molecule has 0 aliphatic heterocycles. The maximum Gasteiger partial charge on any atom is 0.130 e. The monoisotopic (exact) mass is 230 g/mol. The Labute approximate surface area is 80.9 Å². The lowest BCUT2D eigenvalue weighted by atomic mass is 10.1. The summed E-state index contributed by atoms with van der Waals surface area (Å²) in [5, 5.41) is 0. The average Bonchev–Trinajstić information content (AvgIpc) is 2.07. The van der Waals surface area contributed by atoms with Gasteiger partial charge in [-0.3, -0.25) is 0 Å². The zero-order valence-corrected chi connectivity index (χ0v) is 8.91. The van der Waals surface area contributed by atoms with E-state index in [0.717, 1.165) is 22.9 Å². The Bertz CT molecular complexity index is 281. The highest BCUT2D eigenvalue weighted by Gasteiger charge is 2.06. The summed E-state index contributed by atoms with van der Waals surface area (Å²) < 4.78 is 14.3. The molecule has 0 N–H and O–H groups in total. The Morgan fingerprint density at radius 2 is 2.08 bits per heavy atom. The average molecular weight is 231 g/mol. The normalized spacial score (nSPS) is 10.3. The van der Waals surface area contributed by atoms with Crippen LogP contribution in [0.1, 0.15) is 24.5 Å². The first-order chi connectivity index (χ1) is 5.66. The molecule has 1 aromatic carbocycles. The van der Waals surface area contributed by atoms with E-state index < -0.39 is 0 Å². The molecule has 2 heteroatoms. The van der Waals surface area contributed by atoms with E-state index in [9.17, 15) is 4.39 Å². The van der Waals surface area contributed by atoms with Crippen LogP contribution in [0.4, 0.5) is 4.39 Å². The summed E-state index contributed by atoms with van der Waals surface area (Å²) in [5.41, 5.74) is 1.53. The Morgan fingerprint density at radius 3 is 2.67 bits per heavy atom.